The van der Waals surface area contributed by atoms with Crippen molar-refractivity contribution in [2.45, 2.75) is 38.8 Å². The number of nitrogens with one attached hydrogen (secondary N) is 2. The van der Waals surface area contributed by atoms with Gasteiger partial charge in [0.2, 0.25) is 0 Å². The lowest BCUT2D eigenvalue weighted by atomic mass is 10.1. The summed E-state index contributed by atoms with van der Waals surface area (Å²) < 4.78 is 2.04. The van der Waals surface area contributed by atoms with Gasteiger partial charge < -0.3 is 9.47 Å². The quantitative estimate of drug-likeness (QED) is 0.847. The molecule has 6 heteroatoms. The van der Waals surface area contributed by atoms with E-state index >= 15 is 0 Å². The van der Waals surface area contributed by atoms with Crippen LogP contribution in [0.1, 0.15) is 37.9 Å². The minimum atomic E-state index is -0.290. The molecule has 2 aliphatic rings. The molecule has 1 aromatic rings. The van der Waals surface area contributed by atoms with Crippen LogP contribution in [0, 0.1) is 11.3 Å². The molecule has 0 spiro atoms. The van der Waals surface area contributed by atoms with Crippen LogP contribution in [-0.4, -0.2) is 32.9 Å². The number of hydrogen-bond donors (Lipinski definition) is 2. The lowest BCUT2D eigenvalue weighted by molar-refractivity contribution is 0.201. The molecule has 6 nitrogen and oxygen atoms in total. The minimum Gasteiger partial charge on any atom is -0.332 e. The van der Waals surface area contributed by atoms with E-state index in [2.05, 4.69) is 17.2 Å². The first-order valence-electron chi connectivity index (χ1n) is 6.86. The SMILES string of the molecule is CCCn1cncc1C1C(=N)NC(=O)N1CC1CC1. The molecule has 1 aliphatic heterocycles. The average molecular weight is 261 g/mol. The van der Waals surface area contributed by atoms with Gasteiger partial charge in [0.1, 0.15) is 11.9 Å². The standard InChI is InChI=1S/C13H19N5O/c1-2-5-17-8-15-6-10(17)11-12(14)16-13(19)18(11)7-9-3-4-9/h6,8-9,11H,2-5,7H2,1H3,(H2,14,16,19). The highest BCUT2D eigenvalue weighted by molar-refractivity contribution is 6.05. The van der Waals surface area contributed by atoms with Crippen molar-refractivity contribution in [3.8, 4) is 0 Å². The fourth-order valence-corrected chi connectivity index (χ4v) is 2.59. The fourth-order valence-electron chi connectivity index (χ4n) is 2.59. The molecule has 0 bridgehead atoms. The van der Waals surface area contributed by atoms with Crippen LogP contribution in [0.25, 0.3) is 0 Å². The Morgan fingerprint density at radius 3 is 3.00 bits per heavy atom. The first-order chi connectivity index (χ1) is 9.20. The van der Waals surface area contributed by atoms with Crippen LogP contribution in [-0.2, 0) is 6.54 Å². The van der Waals surface area contributed by atoms with Crippen molar-refractivity contribution < 1.29 is 4.79 Å². The Morgan fingerprint density at radius 1 is 1.53 bits per heavy atom. The number of hydrogen-bond acceptors (Lipinski definition) is 3. The Balaban J connectivity index is 1.88. The van der Waals surface area contributed by atoms with Crippen LogP contribution in [0.4, 0.5) is 4.79 Å². The summed E-state index contributed by atoms with van der Waals surface area (Å²) in [6.07, 6.45) is 6.95. The van der Waals surface area contributed by atoms with Crippen LogP contribution in [0.5, 0.6) is 0 Å². The maximum atomic E-state index is 12.0. The zero-order valence-corrected chi connectivity index (χ0v) is 11.1. The summed E-state index contributed by atoms with van der Waals surface area (Å²) >= 11 is 0. The topological polar surface area (TPSA) is 74.0 Å². The first-order valence-corrected chi connectivity index (χ1v) is 6.86. The summed E-state index contributed by atoms with van der Waals surface area (Å²) in [5, 5.41) is 10.7. The van der Waals surface area contributed by atoms with Gasteiger partial charge in [-0.1, -0.05) is 6.92 Å². The molecular formula is C13H19N5O. The molecular weight excluding hydrogens is 242 g/mol. The number of imidazole rings is 1. The Hall–Kier alpha value is -1.85. The summed E-state index contributed by atoms with van der Waals surface area (Å²) in [4.78, 5) is 17.9. The second-order valence-corrected chi connectivity index (χ2v) is 5.35. The lowest BCUT2D eigenvalue weighted by Gasteiger charge is -2.23. The second-order valence-electron chi connectivity index (χ2n) is 5.35. The summed E-state index contributed by atoms with van der Waals surface area (Å²) in [6.45, 7) is 3.72. The van der Waals surface area contributed by atoms with Crippen molar-refractivity contribution in [1.29, 1.82) is 5.41 Å². The number of aryl methyl sites for hydroxylation is 1. The summed E-state index contributed by atoms with van der Waals surface area (Å²) in [7, 11) is 0. The number of aromatic nitrogens is 2. The molecule has 19 heavy (non-hydrogen) atoms. The smallest absolute Gasteiger partial charge is 0.323 e. The van der Waals surface area contributed by atoms with Gasteiger partial charge in [-0.2, -0.15) is 0 Å². The molecule has 1 saturated heterocycles. The lowest BCUT2D eigenvalue weighted by Crippen LogP contribution is -2.32. The molecule has 2 N–H and O–H groups in total. The number of rotatable bonds is 5. The number of nitrogens with zero attached hydrogens (tertiary/aromatic N) is 3. The third kappa shape index (κ3) is 2.22. The van der Waals surface area contributed by atoms with Gasteiger partial charge in [-0.15, -0.1) is 0 Å². The van der Waals surface area contributed by atoms with E-state index in [4.69, 9.17) is 5.41 Å². The summed E-state index contributed by atoms with van der Waals surface area (Å²) in [5.74, 6) is 0.880. The molecule has 2 fully saturated rings. The number of carbonyl (C=O) groups is 1. The van der Waals surface area contributed by atoms with Crippen LogP contribution >= 0.6 is 0 Å². The highest BCUT2D eigenvalue weighted by Crippen LogP contribution is 2.34. The predicted octanol–water partition coefficient (Wildman–Crippen LogP) is 1.75. The normalized spacial score (nSPS) is 23.0. The molecule has 0 aromatic carbocycles. The van der Waals surface area contributed by atoms with Crippen molar-refractivity contribution in [2.75, 3.05) is 6.54 Å². The Labute approximate surface area is 112 Å². The van der Waals surface area contributed by atoms with E-state index in [0.717, 1.165) is 25.2 Å². The van der Waals surface area contributed by atoms with E-state index in [1.165, 1.54) is 12.8 Å². The molecule has 2 heterocycles. The Morgan fingerprint density at radius 2 is 2.32 bits per heavy atom. The van der Waals surface area contributed by atoms with Crippen molar-refractivity contribution >= 4 is 11.9 Å². The van der Waals surface area contributed by atoms with E-state index in [0.29, 0.717) is 5.92 Å². The van der Waals surface area contributed by atoms with E-state index in [1.807, 2.05) is 4.57 Å². The van der Waals surface area contributed by atoms with Crippen LogP contribution in [0.2, 0.25) is 0 Å². The molecule has 1 aromatic heterocycles. The molecule has 1 aliphatic carbocycles. The number of urea groups is 1. The average Bonchev–Trinajstić information content (AvgIpc) is 3.01. The highest BCUT2D eigenvalue weighted by atomic mass is 16.2. The van der Waals surface area contributed by atoms with Gasteiger partial charge in [-0.3, -0.25) is 10.7 Å². The predicted molar refractivity (Wildman–Crippen MR) is 70.9 cm³/mol. The highest BCUT2D eigenvalue weighted by Gasteiger charge is 2.41. The van der Waals surface area contributed by atoms with Gasteiger partial charge in [0.25, 0.3) is 0 Å². The maximum absolute atomic E-state index is 12.0. The van der Waals surface area contributed by atoms with Crippen molar-refractivity contribution in [3.05, 3.63) is 18.2 Å². The van der Waals surface area contributed by atoms with Gasteiger partial charge in [0.15, 0.2) is 0 Å². The van der Waals surface area contributed by atoms with Gasteiger partial charge >= 0.3 is 6.03 Å². The monoisotopic (exact) mass is 261 g/mol. The maximum Gasteiger partial charge on any atom is 0.323 e. The molecule has 0 radical (unpaired) electrons. The molecule has 3 rings (SSSR count). The number of amides is 2. The van der Waals surface area contributed by atoms with Gasteiger partial charge in [0, 0.05) is 13.1 Å². The van der Waals surface area contributed by atoms with Gasteiger partial charge in [-0.25, -0.2) is 9.78 Å². The van der Waals surface area contributed by atoms with E-state index in [-0.39, 0.29) is 17.9 Å². The first kappa shape index (κ1) is 12.2. The minimum absolute atomic E-state index is 0.147. The van der Waals surface area contributed by atoms with Crippen molar-refractivity contribution in [2.24, 2.45) is 5.92 Å². The third-order valence-electron chi connectivity index (χ3n) is 3.73. The summed E-state index contributed by atoms with van der Waals surface area (Å²) in [6, 6.07) is -0.437. The summed E-state index contributed by atoms with van der Waals surface area (Å²) in [5.41, 5.74) is 0.936. The Kier molecular flexibility index (Phi) is 3.00. The van der Waals surface area contributed by atoms with E-state index in [9.17, 15) is 4.79 Å². The zero-order valence-electron chi connectivity index (χ0n) is 11.1. The molecule has 102 valence electrons. The molecule has 1 atom stereocenters. The van der Waals surface area contributed by atoms with E-state index in [1.54, 1.807) is 17.4 Å². The van der Waals surface area contributed by atoms with Gasteiger partial charge in [0.05, 0.1) is 18.2 Å². The van der Waals surface area contributed by atoms with Gasteiger partial charge in [-0.05, 0) is 25.2 Å². The third-order valence-corrected chi connectivity index (χ3v) is 3.73. The van der Waals surface area contributed by atoms with Crippen LogP contribution in [0.15, 0.2) is 12.5 Å². The van der Waals surface area contributed by atoms with Crippen LogP contribution < -0.4 is 5.32 Å². The molecule has 2 amide bonds. The van der Waals surface area contributed by atoms with E-state index < -0.39 is 0 Å². The molecule has 1 unspecified atom stereocenters. The fraction of sp³-hybridized carbons (Fsp3) is 0.615. The second kappa shape index (κ2) is 4.68. The number of amidine groups is 1. The Bertz CT molecular complexity index is 505. The molecule has 1 saturated carbocycles. The zero-order chi connectivity index (χ0) is 13.4. The largest absolute Gasteiger partial charge is 0.332 e. The number of carbonyl (C=O) groups excluding carboxylic acids is 1. The van der Waals surface area contributed by atoms with Crippen molar-refractivity contribution in [3.63, 3.8) is 0 Å². The van der Waals surface area contributed by atoms with Crippen molar-refractivity contribution in [1.82, 2.24) is 19.8 Å². The van der Waals surface area contributed by atoms with Crippen LogP contribution in [0.3, 0.4) is 0 Å².